The highest BCUT2D eigenvalue weighted by Crippen LogP contribution is 2.45. The average molecular weight is 833 g/mol. The van der Waals surface area contributed by atoms with Crippen molar-refractivity contribution in [1.82, 2.24) is 5.16 Å². The molecule has 1 aliphatic rings. The molecule has 0 radical (unpaired) electrons. The van der Waals surface area contributed by atoms with Gasteiger partial charge in [-0.2, -0.15) is 0 Å². The Bertz CT molecular complexity index is 2400. The molecule has 1 aromatic heterocycles. The molecule has 15 heteroatoms. The Kier molecular flexibility index (Phi) is 11.2. The molecule has 14 nitrogen and oxygen atoms in total. The molecule has 5 rings (SSSR count). The lowest BCUT2D eigenvalue weighted by Crippen LogP contribution is -2.47. The van der Waals surface area contributed by atoms with E-state index in [0.717, 1.165) is 12.2 Å². The van der Waals surface area contributed by atoms with Gasteiger partial charge in [0.15, 0.2) is 11.5 Å². The number of benzene rings is 3. The highest BCUT2D eigenvalue weighted by Gasteiger charge is 2.48. The molecular weight excluding hydrogens is 794 g/mol. The monoisotopic (exact) mass is 831 g/mol. The molecule has 0 unspecified atom stereocenters. The number of phenolic OH excluding ortho intramolecular Hbond substituents is 1. The van der Waals surface area contributed by atoms with Gasteiger partial charge in [-0.3, -0.25) is 4.79 Å². The minimum atomic E-state index is -2.46. The molecule has 0 bridgehead atoms. The third-order valence-corrected chi connectivity index (χ3v) is 11.0. The van der Waals surface area contributed by atoms with E-state index in [0.29, 0.717) is 38.9 Å². The lowest BCUT2D eigenvalue weighted by molar-refractivity contribution is -0.151. The molecule has 0 fully saturated rings. The van der Waals surface area contributed by atoms with Crippen molar-refractivity contribution in [1.29, 1.82) is 0 Å². The smallest absolute Gasteiger partial charge is 0.356 e. The van der Waals surface area contributed by atoms with Crippen molar-refractivity contribution < 1.29 is 62.8 Å². The molecule has 0 spiro atoms. The summed E-state index contributed by atoms with van der Waals surface area (Å²) in [7, 11) is 1.18. The van der Waals surface area contributed by atoms with Gasteiger partial charge < -0.3 is 38.8 Å². The maximum Gasteiger partial charge on any atom is 0.356 e. The second-order valence-electron chi connectivity index (χ2n) is 13.4. The molecule has 3 N–H and O–H groups in total. The van der Waals surface area contributed by atoms with E-state index in [1.54, 1.807) is 41.5 Å². The van der Waals surface area contributed by atoms with E-state index in [2.05, 4.69) is 21.1 Å². The van der Waals surface area contributed by atoms with Gasteiger partial charge in [0.2, 0.25) is 5.60 Å². The zero-order chi connectivity index (χ0) is 41.7. The molecule has 0 amide bonds. The Morgan fingerprint density at radius 3 is 1.89 bits per heavy atom. The number of ketones is 1. The first-order valence-corrected chi connectivity index (χ1v) is 17.7. The summed E-state index contributed by atoms with van der Waals surface area (Å²) in [5, 5.41) is 36.2. The van der Waals surface area contributed by atoms with Crippen LogP contribution < -0.4 is 14.2 Å². The molecule has 0 aliphatic heterocycles. The molecule has 3 aromatic carbocycles. The van der Waals surface area contributed by atoms with Crippen LogP contribution in [0.5, 0.6) is 23.0 Å². The number of carbonyl (C=O) groups excluding carboxylic acids is 4. The summed E-state index contributed by atoms with van der Waals surface area (Å²) >= 11 is 3.22. The third-order valence-electron chi connectivity index (χ3n) is 10.2. The van der Waals surface area contributed by atoms with Crippen molar-refractivity contribution in [3.8, 4) is 34.1 Å². The predicted octanol–water partition coefficient (Wildman–Crippen LogP) is 7.11. The quantitative estimate of drug-likeness (QED) is 0.113. The number of rotatable bonds is 9. The lowest BCUT2D eigenvalue weighted by Gasteiger charge is -2.30. The Hall–Kier alpha value is -6.06. The van der Waals surface area contributed by atoms with Gasteiger partial charge in [-0.15, -0.1) is 0 Å². The number of esters is 3. The standard InChI is InChI=1S/C41H38BrNO13/c1-16-11-27(31(25-14-43-53-15-25)24(9)29(16)38(48)55-35-21(6)18(3)30(37(46)47)19(4)22(35)7)54-39(49)32-20(5)23(8)36(33(42)34(32)45)56-40(50)41(51)17(2)12-26(44)13-28(41)52-10/h11-15,45,51H,1-10H3,(H,46,47)/t41-/m1/s1. The fraction of sp³-hybridized carbons (Fsp3) is 0.268. The number of aliphatic hydroxyl groups is 1. The topological polar surface area (TPSA) is 209 Å². The first-order valence-electron chi connectivity index (χ1n) is 17.0. The van der Waals surface area contributed by atoms with Crippen molar-refractivity contribution in [3.63, 3.8) is 0 Å². The molecule has 1 atom stereocenters. The van der Waals surface area contributed by atoms with Crippen LogP contribution in [-0.2, 0) is 14.3 Å². The number of aryl methyl sites for hydroxylation is 1. The van der Waals surface area contributed by atoms with Crippen LogP contribution in [-0.4, -0.2) is 62.8 Å². The van der Waals surface area contributed by atoms with Crippen molar-refractivity contribution >= 4 is 45.6 Å². The number of carboxylic acid groups (broad SMARTS) is 1. The number of aromatic hydroxyl groups is 1. The lowest BCUT2D eigenvalue weighted by atomic mass is 9.87. The maximum absolute atomic E-state index is 14.0. The summed E-state index contributed by atoms with van der Waals surface area (Å²) in [5.41, 5.74) is 1.03. The van der Waals surface area contributed by atoms with E-state index in [1.807, 2.05) is 0 Å². The van der Waals surface area contributed by atoms with Crippen LogP contribution in [0, 0.1) is 55.4 Å². The number of methoxy groups -OCH3 is 1. The predicted molar refractivity (Wildman–Crippen MR) is 203 cm³/mol. The maximum atomic E-state index is 14.0. The second kappa shape index (κ2) is 15.2. The minimum Gasteiger partial charge on any atom is -0.506 e. The van der Waals surface area contributed by atoms with Crippen LogP contribution in [0.25, 0.3) is 11.1 Å². The number of halogens is 1. The fourth-order valence-electron chi connectivity index (χ4n) is 6.79. The highest BCUT2D eigenvalue weighted by atomic mass is 79.9. The number of ether oxygens (including phenoxy) is 4. The van der Waals surface area contributed by atoms with E-state index >= 15 is 0 Å². The Labute approximate surface area is 329 Å². The number of carbonyl (C=O) groups is 5. The Morgan fingerprint density at radius 1 is 0.768 bits per heavy atom. The van der Waals surface area contributed by atoms with E-state index in [1.165, 1.54) is 46.4 Å². The van der Waals surface area contributed by atoms with Crippen molar-refractivity contribution in [2.45, 2.75) is 67.9 Å². The van der Waals surface area contributed by atoms with Gasteiger partial charge in [0.25, 0.3) is 0 Å². The van der Waals surface area contributed by atoms with Crippen LogP contribution in [0.3, 0.4) is 0 Å². The number of nitrogens with zero attached hydrogens (tertiary/aromatic N) is 1. The molecule has 1 aliphatic carbocycles. The number of carboxylic acids is 1. The number of hydrogen-bond acceptors (Lipinski definition) is 13. The van der Waals surface area contributed by atoms with Gasteiger partial charge in [-0.25, -0.2) is 19.2 Å². The molecule has 0 saturated heterocycles. The van der Waals surface area contributed by atoms with Crippen LogP contribution >= 0.6 is 15.9 Å². The summed E-state index contributed by atoms with van der Waals surface area (Å²) in [4.78, 5) is 65.3. The summed E-state index contributed by atoms with van der Waals surface area (Å²) in [5.74, 6) is -5.61. The third kappa shape index (κ3) is 6.77. The SMILES string of the molecule is COC1=CC(=O)C=C(C)[C@]1(O)C(=O)Oc1c(C)c(C)c(C(=O)Oc2cc(C)c(C(=O)Oc3c(C)c(C)c(C(=O)O)c(C)c3C)c(C)c2-c2cnoc2)c(O)c1Br. The average Bonchev–Trinajstić information content (AvgIpc) is 3.66. The van der Waals surface area contributed by atoms with Crippen molar-refractivity contribution in [2.75, 3.05) is 7.11 Å². The highest BCUT2D eigenvalue weighted by molar-refractivity contribution is 9.10. The van der Waals surface area contributed by atoms with Crippen molar-refractivity contribution in [2.24, 2.45) is 0 Å². The Balaban J connectivity index is 1.54. The van der Waals surface area contributed by atoms with Crippen LogP contribution in [0.15, 0.2) is 51.0 Å². The zero-order valence-electron chi connectivity index (χ0n) is 32.1. The van der Waals surface area contributed by atoms with Crippen LogP contribution in [0.4, 0.5) is 0 Å². The summed E-state index contributed by atoms with van der Waals surface area (Å²) < 4.78 is 27.5. The molecule has 292 valence electrons. The van der Waals surface area contributed by atoms with E-state index in [4.69, 9.17) is 23.5 Å². The van der Waals surface area contributed by atoms with E-state index < -0.39 is 41.0 Å². The normalized spacial score (nSPS) is 15.2. The number of allylic oxidation sites excluding steroid dienone is 2. The molecular formula is C41H38BrNO13. The van der Waals surface area contributed by atoms with E-state index in [-0.39, 0.29) is 66.4 Å². The van der Waals surface area contributed by atoms with Crippen molar-refractivity contribution in [3.05, 3.63) is 108 Å². The van der Waals surface area contributed by atoms with Gasteiger partial charge in [0, 0.05) is 17.2 Å². The van der Waals surface area contributed by atoms with Crippen LogP contribution in [0.1, 0.15) is 82.5 Å². The first-order chi connectivity index (χ1) is 26.2. The fourth-order valence-corrected chi connectivity index (χ4v) is 7.36. The van der Waals surface area contributed by atoms with E-state index in [9.17, 15) is 39.3 Å². The second-order valence-corrected chi connectivity index (χ2v) is 14.2. The zero-order valence-corrected chi connectivity index (χ0v) is 33.7. The molecule has 0 saturated carbocycles. The minimum absolute atomic E-state index is 0.0205. The largest absolute Gasteiger partial charge is 0.506 e. The molecule has 1 heterocycles. The summed E-state index contributed by atoms with van der Waals surface area (Å²) in [6.07, 6.45) is 4.67. The number of hydrogen-bond donors (Lipinski definition) is 3. The van der Waals surface area contributed by atoms with Gasteiger partial charge >= 0.3 is 23.9 Å². The Morgan fingerprint density at radius 2 is 1.34 bits per heavy atom. The number of phenols is 1. The first kappa shape index (κ1) is 41.1. The van der Waals surface area contributed by atoms with Gasteiger partial charge in [0.1, 0.15) is 39.3 Å². The summed E-state index contributed by atoms with van der Waals surface area (Å²) in [6, 6.07) is 1.45. The summed E-state index contributed by atoms with van der Waals surface area (Å²) in [6.45, 7) is 14.2. The van der Waals surface area contributed by atoms with Crippen LogP contribution in [0.2, 0.25) is 0 Å². The van der Waals surface area contributed by atoms with Gasteiger partial charge in [0.05, 0.1) is 24.4 Å². The van der Waals surface area contributed by atoms with Gasteiger partial charge in [-0.05, 0) is 140 Å². The molecule has 4 aromatic rings. The number of aromatic carboxylic acids is 1. The van der Waals surface area contributed by atoms with Gasteiger partial charge in [-0.1, -0.05) is 5.16 Å². The number of aromatic nitrogens is 1. The molecule has 56 heavy (non-hydrogen) atoms.